The van der Waals surface area contributed by atoms with Gasteiger partial charge in [0.1, 0.15) is 13.2 Å². The molecule has 9 heteroatoms. The van der Waals surface area contributed by atoms with Gasteiger partial charge in [-0.25, -0.2) is 14.4 Å². The van der Waals surface area contributed by atoms with E-state index in [1.807, 2.05) is 0 Å². The maximum absolute atomic E-state index is 13.2. The van der Waals surface area contributed by atoms with E-state index in [9.17, 15) is 14.4 Å². The minimum absolute atomic E-state index is 0.0717. The van der Waals surface area contributed by atoms with Crippen LogP contribution in [0.25, 0.3) is 11.8 Å². The van der Waals surface area contributed by atoms with Crippen molar-refractivity contribution in [3.05, 3.63) is 49.8 Å². The van der Waals surface area contributed by atoms with E-state index in [1.54, 1.807) is 26.1 Å². The lowest BCUT2D eigenvalue weighted by molar-refractivity contribution is -0.136. The van der Waals surface area contributed by atoms with Gasteiger partial charge in [-0.05, 0) is 30.8 Å². The first kappa shape index (κ1) is 18.8. The molecular formula is C20H19N3O6. The van der Waals surface area contributed by atoms with Crippen molar-refractivity contribution in [2.24, 2.45) is 12.0 Å². The predicted octanol–water partition coefficient (Wildman–Crippen LogP) is 1.08. The van der Waals surface area contributed by atoms with Gasteiger partial charge in [-0.15, -0.1) is 0 Å². The van der Waals surface area contributed by atoms with Crippen LogP contribution in [-0.2, 0) is 18.3 Å². The summed E-state index contributed by atoms with van der Waals surface area (Å²) < 4.78 is 13.9. The Labute approximate surface area is 165 Å². The Hall–Kier alpha value is -3.58. The van der Waals surface area contributed by atoms with Crippen LogP contribution in [0, 0.1) is 0 Å². The Morgan fingerprint density at radius 1 is 1.28 bits per heavy atom. The highest BCUT2D eigenvalue weighted by Gasteiger charge is 2.27. The molecule has 1 aromatic heterocycles. The highest BCUT2D eigenvalue weighted by molar-refractivity contribution is 5.80. The van der Waals surface area contributed by atoms with Gasteiger partial charge >= 0.3 is 11.7 Å². The third-order valence-corrected chi connectivity index (χ3v) is 5.02. The lowest BCUT2D eigenvalue weighted by Crippen LogP contribution is -2.42. The number of carbonyl (C=O) groups is 1. The van der Waals surface area contributed by atoms with E-state index in [1.165, 1.54) is 10.6 Å². The number of ether oxygens (including phenoxy) is 2. The zero-order chi connectivity index (χ0) is 20.7. The minimum atomic E-state index is -0.929. The zero-order valence-corrected chi connectivity index (χ0v) is 16.0. The number of hydrogen-bond acceptors (Lipinski definition) is 6. The highest BCUT2D eigenvalue weighted by atomic mass is 16.6. The average molecular weight is 397 g/mol. The molecule has 0 fully saturated rings. The van der Waals surface area contributed by atoms with Crippen LogP contribution in [0.4, 0.5) is 0 Å². The lowest BCUT2D eigenvalue weighted by Gasteiger charge is -2.25. The van der Waals surface area contributed by atoms with Crippen LogP contribution in [0.1, 0.15) is 36.2 Å². The Balaban J connectivity index is 1.95. The first-order valence-electron chi connectivity index (χ1n) is 9.18. The SMILES string of the molecule is CC1N=C=Cc2c1n(C)c(=O)n(-c1ccc(CCC(=O)O)c3c1OCCO3)c2=O. The second kappa shape index (κ2) is 7.10. The van der Waals surface area contributed by atoms with E-state index in [0.717, 1.165) is 4.57 Å². The molecule has 1 unspecified atom stereocenters. The molecule has 0 saturated carbocycles. The van der Waals surface area contributed by atoms with Crippen molar-refractivity contribution < 1.29 is 19.4 Å². The minimum Gasteiger partial charge on any atom is -0.486 e. The largest absolute Gasteiger partial charge is 0.486 e. The molecule has 9 nitrogen and oxygen atoms in total. The lowest BCUT2D eigenvalue weighted by atomic mass is 10.1. The summed E-state index contributed by atoms with van der Waals surface area (Å²) in [6.45, 7) is 2.34. The second-order valence-corrected chi connectivity index (χ2v) is 6.85. The molecule has 0 saturated heterocycles. The molecule has 1 aromatic carbocycles. The molecule has 2 aromatic rings. The number of aliphatic imine (C=N–C) groups is 1. The van der Waals surface area contributed by atoms with E-state index in [-0.39, 0.29) is 36.9 Å². The second-order valence-electron chi connectivity index (χ2n) is 6.85. The van der Waals surface area contributed by atoms with E-state index in [0.29, 0.717) is 29.2 Å². The number of aromatic nitrogens is 2. The first-order chi connectivity index (χ1) is 13.9. The number of hydrogen-bond donors (Lipinski definition) is 1. The highest BCUT2D eigenvalue weighted by Crippen LogP contribution is 2.39. The molecule has 0 radical (unpaired) electrons. The van der Waals surface area contributed by atoms with Crippen LogP contribution in [0.2, 0.25) is 0 Å². The van der Waals surface area contributed by atoms with Gasteiger partial charge in [0.25, 0.3) is 5.56 Å². The molecule has 3 heterocycles. The van der Waals surface area contributed by atoms with Crippen LogP contribution < -0.4 is 20.7 Å². The molecule has 0 amide bonds. The standard InChI is InChI=1S/C20H19N3O6/c1-11-16-13(7-8-21-11)19(26)23(20(27)22(16)2)14-5-3-12(4-6-15(24)25)17-18(14)29-10-9-28-17/h3,5,7,11H,4,6,9-10H2,1-2H3,(H,24,25). The molecular weight excluding hydrogens is 378 g/mol. The number of aliphatic carboxylic acids is 1. The third kappa shape index (κ3) is 3.05. The Kier molecular flexibility index (Phi) is 4.60. The summed E-state index contributed by atoms with van der Waals surface area (Å²) in [5.74, 6) is 2.42. The van der Waals surface area contributed by atoms with Crippen molar-refractivity contribution in [2.75, 3.05) is 13.2 Å². The summed E-state index contributed by atoms with van der Waals surface area (Å²) in [5.41, 5.74) is 0.756. The fraction of sp³-hybridized carbons (Fsp3) is 0.350. The number of carboxylic acid groups (broad SMARTS) is 1. The monoisotopic (exact) mass is 397 g/mol. The first-order valence-corrected chi connectivity index (χ1v) is 9.18. The molecule has 1 N–H and O–H groups in total. The number of fused-ring (bicyclic) bond motifs is 2. The smallest absolute Gasteiger partial charge is 0.335 e. The summed E-state index contributed by atoms with van der Waals surface area (Å²) in [6.07, 6.45) is 1.64. The maximum atomic E-state index is 13.2. The topological polar surface area (TPSA) is 112 Å². The van der Waals surface area contributed by atoms with Gasteiger partial charge in [0.2, 0.25) is 0 Å². The van der Waals surface area contributed by atoms with E-state index >= 15 is 0 Å². The summed E-state index contributed by atoms with van der Waals surface area (Å²) in [6, 6.07) is 2.89. The molecule has 2 aliphatic heterocycles. The predicted molar refractivity (Wildman–Crippen MR) is 105 cm³/mol. The van der Waals surface area contributed by atoms with E-state index in [4.69, 9.17) is 14.6 Å². The van der Waals surface area contributed by atoms with Crippen LogP contribution in [0.3, 0.4) is 0 Å². The van der Waals surface area contributed by atoms with Crippen molar-refractivity contribution >= 4 is 17.9 Å². The molecule has 1 atom stereocenters. The summed E-state index contributed by atoms with van der Waals surface area (Å²) >= 11 is 0. The number of aryl methyl sites for hydroxylation is 1. The number of rotatable bonds is 4. The molecule has 150 valence electrons. The third-order valence-electron chi connectivity index (χ3n) is 5.02. The normalized spacial score (nSPS) is 16.6. The van der Waals surface area contributed by atoms with Gasteiger partial charge in [0, 0.05) is 19.5 Å². The molecule has 0 aliphatic carbocycles. The van der Waals surface area contributed by atoms with Crippen LogP contribution >= 0.6 is 0 Å². The Morgan fingerprint density at radius 2 is 2.00 bits per heavy atom. The van der Waals surface area contributed by atoms with Crippen molar-refractivity contribution in [3.8, 4) is 17.2 Å². The van der Waals surface area contributed by atoms with Gasteiger partial charge in [0.15, 0.2) is 11.5 Å². The van der Waals surface area contributed by atoms with Crippen LogP contribution in [0.5, 0.6) is 11.5 Å². The van der Waals surface area contributed by atoms with Crippen LogP contribution in [0.15, 0.2) is 26.7 Å². The van der Waals surface area contributed by atoms with Crippen molar-refractivity contribution in [3.63, 3.8) is 0 Å². The zero-order valence-electron chi connectivity index (χ0n) is 16.0. The van der Waals surface area contributed by atoms with Crippen LogP contribution in [-0.4, -0.2) is 39.3 Å². The fourth-order valence-electron chi connectivity index (χ4n) is 3.67. The van der Waals surface area contributed by atoms with Gasteiger partial charge in [-0.3, -0.25) is 14.2 Å². The molecule has 2 aliphatic rings. The average Bonchev–Trinajstić information content (AvgIpc) is 2.71. The molecule has 0 bridgehead atoms. The van der Waals surface area contributed by atoms with Crippen molar-refractivity contribution in [1.82, 2.24) is 9.13 Å². The van der Waals surface area contributed by atoms with Crippen molar-refractivity contribution in [1.29, 1.82) is 0 Å². The van der Waals surface area contributed by atoms with Gasteiger partial charge in [-0.2, -0.15) is 0 Å². The summed E-state index contributed by atoms with van der Waals surface area (Å²) in [7, 11) is 1.59. The quantitative estimate of drug-likeness (QED) is 0.826. The van der Waals surface area contributed by atoms with Gasteiger partial charge in [-0.1, -0.05) is 6.07 Å². The summed E-state index contributed by atoms with van der Waals surface area (Å²) in [5, 5.41) is 8.97. The fourth-order valence-corrected chi connectivity index (χ4v) is 3.67. The van der Waals surface area contributed by atoms with Crippen molar-refractivity contribution in [2.45, 2.75) is 25.8 Å². The van der Waals surface area contributed by atoms with E-state index in [2.05, 4.69) is 10.9 Å². The molecule has 29 heavy (non-hydrogen) atoms. The van der Waals surface area contributed by atoms with Gasteiger partial charge < -0.3 is 14.6 Å². The Morgan fingerprint density at radius 3 is 2.72 bits per heavy atom. The van der Waals surface area contributed by atoms with E-state index < -0.39 is 17.2 Å². The van der Waals surface area contributed by atoms with Gasteiger partial charge in [0.05, 0.1) is 23.0 Å². The molecule has 0 spiro atoms. The number of carboxylic acids is 1. The molecule has 4 rings (SSSR count). The Bertz CT molecular complexity index is 1200. The number of benzene rings is 1. The maximum Gasteiger partial charge on any atom is 0.335 e. The number of nitrogens with zero attached hydrogens (tertiary/aromatic N) is 3. The summed E-state index contributed by atoms with van der Waals surface area (Å²) in [4.78, 5) is 41.3.